The molecule has 2 amide bonds. The number of ether oxygens (including phenoxy) is 2. The van der Waals surface area contributed by atoms with Crippen molar-refractivity contribution in [2.24, 2.45) is 0 Å². The van der Waals surface area contributed by atoms with Gasteiger partial charge in [-0.25, -0.2) is 0 Å². The van der Waals surface area contributed by atoms with Crippen LogP contribution in [0, 0.1) is 6.92 Å². The molecule has 30 heavy (non-hydrogen) atoms. The van der Waals surface area contributed by atoms with E-state index in [-0.39, 0.29) is 29.4 Å². The van der Waals surface area contributed by atoms with Crippen molar-refractivity contribution >= 4 is 35.0 Å². The van der Waals surface area contributed by atoms with Crippen molar-refractivity contribution in [3.8, 4) is 11.5 Å². The summed E-state index contributed by atoms with van der Waals surface area (Å²) < 4.78 is 11.4. The standard InChI is InChI=1S/C23H28N2O4S/c1-16-7-9-17(10-8-16)24-22(26)14-30-15-23(27)25-18-11-12-20(28-2)21(13-18)29-19-5-3-4-6-19/h7-13,19H,3-6,14-15H2,1-2H3,(H,24,26)(H,25,27). The third kappa shape index (κ3) is 6.69. The van der Waals surface area contributed by atoms with Crippen LogP contribution < -0.4 is 20.1 Å². The van der Waals surface area contributed by atoms with Crippen molar-refractivity contribution in [2.45, 2.75) is 38.7 Å². The van der Waals surface area contributed by atoms with E-state index in [0.29, 0.717) is 17.2 Å². The maximum Gasteiger partial charge on any atom is 0.234 e. The summed E-state index contributed by atoms with van der Waals surface area (Å²) in [5, 5.41) is 5.69. The van der Waals surface area contributed by atoms with Gasteiger partial charge in [-0.05, 0) is 56.9 Å². The van der Waals surface area contributed by atoms with E-state index in [4.69, 9.17) is 9.47 Å². The SMILES string of the molecule is COc1ccc(NC(=O)CSCC(=O)Nc2ccc(C)cc2)cc1OC1CCCC1. The van der Waals surface area contributed by atoms with Crippen LogP contribution >= 0.6 is 11.8 Å². The van der Waals surface area contributed by atoms with E-state index in [1.165, 1.54) is 24.6 Å². The minimum Gasteiger partial charge on any atom is -0.493 e. The molecular formula is C23H28N2O4S. The molecule has 0 atom stereocenters. The highest BCUT2D eigenvalue weighted by Gasteiger charge is 2.19. The Hall–Kier alpha value is -2.67. The molecular weight excluding hydrogens is 400 g/mol. The van der Waals surface area contributed by atoms with Crippen LogP contribution in [0.25, 0.3) is 0 Å². The topological polar surface area (TPSA) is 76.7 Å². The Morgan fingerprint density at radius 1 is 0.933 bits per heavy atom. The van der Waals surface area contributed by atoms with Crippen LogP contribution in [0.1, 0.15) is 31.2 Å². The summed E-state index contributed by atoms with van der Waals surface area (Å²) in [4.78, 5) is 24.3. The molecule has 1 aliphatic rings. The number of aryl methyl sites for hydroxylation is 1. The van der Waals surface area contributed by atoms with Crippen LogP contribution in [-0.4, -0.2) is 36.5 Å². The van der Waals surface area contributed by atoms with Gasteiger partial charge in [-0.1, -0.05) is 17.7 Å². The van der Waals surface area contributed by atoms with Gasteiger partial charge in [-0.3, -0.25) is 9.59 Å². The van der Waals surface area contributed by atoms with Crippen molar-refractivity contribution in [1.82, 2.24) is 0 Å². The molecule has 160 valence electrons. The second kappa shape index (κ2) is 10.9. The Kier molecular flexibility index (Phi) is 8.02. The molecule has 1 fully saturated rings. The monoisotopic (exact) mass is 428 g/mol. The van der Waals surface area contributed by atoms with E-state index in [2.05, 4.69) is 10.6 Å². The van der Waals surface area contributed by atoms with Gasteiger partial charge in [0.05, 0.1) is 24.7 Å². The van der Waals surface area contributed by atoms with Gasteiger partial charge >= 0.3 is 0 Å². The van der Waals surface area contributed by atoms with Crippen LogP contribution in [-0.2, 0) is 9.59 Å². The molecule has 0 saturated heterocycles. The van der Waals surface area contributed by atoms with Gasteiger partial charge in [-0.15, -0.1) is 11.8 Å². The lowest BCUT2D eigenvalue weighted by Gasteiger charge is -2.17. The average Bonchev–Trinajstić information content (AvgIpc) is 3.23. The molecule has 0 aromatic heterocycles. The fourth-order valence-electron chi connectivity index (χ4n) is 3.30. The van der Waals surface area contributed by atoms with Crippen molar-refractivity contribution in [3.05, 3.63) is 48.0 Å². The Balaban J connectivity index is 1.45. The van der Waals surface area contributed by atoms with Gasteiger partial charge in [0.1, 0.15) is 0 Å². The Morgan fingerprint density at radius 3 is 2.17 bits per heavy atom. The zero-order valence-corrected chi connectivity index (χ0v) is 18.2. The molecule has 0 spiro atoms. The number of amides is 2. The van der Waals surface area contributed by atoms with E-state index in [9.17, 15) is 9.59 Å². The highest BCUT2D eigenvalue weighted by molar-refractivity contribution is 8.00. The smallest absolute Gasteiger partial charge is 0.234 e. The summed E-state index contributed by atoms with van der Waals surface area (Å²) in [6.07, 6.45) is 4.64. The van der Waals surface area contributed by atoms with E-state index < -0.39 is 0 Å². The fraction of sp³-hybridized carbons (Fsp3) is 0.391. The van der Waals surface area contributed by atoms with Crippen molar-refractivity contribution in [2.75, 3.05) is 29.2 Å². The van der Waals surface area contributed by atoms with Crippen LogP contribution in [0.4, 0.5) is 11.4 Å². The lowest BCUT2D eigenvalue weighted by molar-refractivity contribution is -0.114. The van der Waals surface area contributed by atoms with E-state index in [1.807, 2.05) is 31.2 Å². The molecule has 7 heteroatoms. The largest absolute Gasteiger partial charge is 0.493 e. The predicted octanol–water partition coefficient (Wildman–Crippen LogP) is 4.64. The first-order chi connectivity index (χ1) is 14.5. The van der Waals surface area contributed by atoms with E-state index in [1.54, 1.807) is 25.3 Å². The second-order valence-corrected chi connectivity index (χ2v) is 8.33. The molecule has 0 radical (unpaired) electrons. The maximum absolute atomic E-state index is 12.3. The molecule has 0 aliphatic heterocycles. The molecule has 2 aromatic rings. The van der Waals surface area contributed by atoms with E-state index >= 15 is 0 Å². The minimum atomic E-state index is -0.167. The van der Waals surface area contributed by atoms with Crippen LogP contribution in [0.15, 0.2) is 42.5 Å². The normalized spacial score (nSPS) is 13.7. The molecule has 0 heterocycles. The summed E-state index contributed by atoms with van der Waals surface area (Å²) in [5.41, 5.74) is 2.54. The van der Waals surface area contributed by atoms with Crippen molar-refractivity contribution < 1.29 is 19.1 Å². The number of hydrogen-bond acceptors (Lipinski definition) is 5. The summed E-state index contributed by atoms with van der Waals surface area (Å²) in [6.45, 7) is 1.99. The number of benzene rings is 2. The Bertz CT molecular complexity index is 864. The second-order valence-electron chi connectivity index (χ2n) is 7.35. The number of hydrogen-bond donors (Lipinski definition) is 2. The number of anilines is 2. The summed E-state index contributed by atoms with van der Waals surface area (Å²) in [6, 6.07) is 13.0. The first kappa shape index (κ1) is 22.0. The Morgan fingerprint density at radius 2 is 1.53 bits per heavy atom. The maximum atomic E-state index is 12.3. The fourth-order valence-corrected chi connectivity index (χ4v) is 3.92. The minimum absolute atomic E-state index is 0.131. The highest BCUT2D eigenvalue weighted by Crippen LogP contribution is 2.34. The quantitative estimate of drug-likeness (QED) is 0.609. The summed E-state index contributed by atoms with van der Waals surface area (Å²) in [5.74, 6) is 1.40. The lowest BCUT2D eigenvalue weighted by atomic mass is 10.2. The van der Waals surface area contributed by atoms with Gasteiger partial charge < -0.3 is 20.1 Å². The number of carbonyl (C=O) groups excluding carboxylic acids is 2. The molecule has 2 N–H and O–H groups in total. The van der Waals surface area contributed by atoms with Crippen LogP contribution in [0.3, 0.4) is 0 Å². The molecule has 6 nitrogen and oxygen atoms in total. The van der Waals surface area contributed by atoms with Gasteiger partial charge in [0, 0.05) is 17.4 Å². The molecule has 1 saturated carbocycles. The molecule has 1 aliphatic carbocycles. The van der Waals surface area contributed by atoms with Crippen LogP contribution in [0.5, 0.6) is 11.5 Å². The Labute approximate surface area is 181 Å². The van der Waals surface area contributed by atoms with E-state index in [0.717, 1.165) is 24.1 Å². The van der Waals surface area contributed by atoms with Gasteiger partial charge in [0.25, 0.3) is 0 Å². The average molecular weight is 429 g/mol. The third-order valence-electron chi connectivity index (χ3n) is 4.84. The molecule has 0 unspecified atom stereocenters. The zero-order valence-electron chi connectivity index (χ0n) is 17.4. The van der Waals surface area contributed by atoms with Gasteiger partial charge in [-0.2, -0.15) is 0 Å². The van der Waals surface area contributed by atoms with Gasteiger partial charge in [0.15, 0.2) is 11.5 Å². The zero-order chi connectivity index (χ0) is 21.3. The van der Waals surface area contributed by atoms with Crippen molar-refractivity contribution in [1.29, 1.82) is 0 Å². The number of methoxy groups -OCH3 is 1. The van der Waals surface area contributed by atoms with Crippen LogP contribution in [0.2, 0.25) is 0 Å². The highest BCUT2D eigenvalue weighted by atomic mass is 32.2. The molecule has 2 aromatic carbocycles. The molecule has 3 rings (SSSR count). The number of thioether (sulfide) groups is 1. The lowest BCUT2D eigenvalue weighted by Crippen LogP contribution is -2.18. The number of nitrogens with one attached hydrogen (secondary N) is 2. The number of rotatable bonds is 9. The first-order valence-corrected chi connectivity index (χ1v) is 11.3. The predicted molar refractivity (Wildman–Crippen MR) is 122 cm³/mol. The van der Waals surface area contributed by atoms with Crippen molar-refractivity contribution in [3.63, 3.8) is 0 Å². The third-order valence-corrected chi connectivity index (χ3v) is 5.78. The molecule has 0 bridgehead atoms. The summed E-state index contributed by atoms with van der Waals surface area (Å²) in [7, 11) is 1.60. The number of carbonyl (C=O) groups is 2. The van der Waals surface area contributed by atoms with Gasteiger partial charge in [0.2, 0.25) is 11.8 Å². The summed E-state index contributed by atoms with van der Waals surface area (Å²) >= 11 is 1.27. The first-order valence-electron chi connectivity index (χ1n) is 10.1.